The first-order valence-corrected chi connectivity index (χ1v) is 9.59. The van der Waals surface area contributed by atoms with Crippen molar-refractivity contribution in [1.82, 2.24) is 14.9 Å². The minimum Gasteiger partial charge on any atom is -0.497 e. The van der Waals surface area contributed by atoms with Crippen LogP contribution in [0.3, 0.4) is 0 Å². The Kier molecular flexibility index (Phi) is 6.70. The molecule has 1 saturated heterocycles. The van der Waals surface area contributed by atoms with Gasteiger partial charge in [-0.2, -0.15) is 0 Å². The maximum Gasteiger partial charge on any atom is 0.330 e. The molecule has 1 aliphatic rings. The Morgan fingerprint density at radius 1 is 1.40 bits per heavy atom. The van der Waals surface area contributed by atoms with Crippen molar-refractivity contribution in [3.63, 3.8) is 0 Å². The molecule has 1 aliphatic heterocycles. The number of nitrogens with one attached hydrogen (secondary N) is 2. The van der Waals surface area contributed by atoms with Crippen LogP contribution in [0.4, 0.5) is 0 Å². The topological polar surface area (TPSA) is 149 Å². The van der Waals surface area contributed by atoms with E-state index in [1.807, 2.05) is 12.1 Å². The van der Waals surface area contributed by atoms with Crippen molar-refractivity contribution in [1.29, 1.82) is 0 Å². The summed E-state index contributed by atoms with van der Waals surface area (Å²) in [6.07, 6.45) is 0.548. The van der Waals surface area contributed by atoms with E-state index < -0.39 is 35.7 Å². The van der Waals surface area contributed by atoms with Gasteiger partial charge in [0, 0.05) is 18.2 Å². The zero-order chi connectivity index (χ0) is 21.8. The van der Waals surface area contributed by atoms with Crippen LogP contribution in [0.2, 0.25) is 0 Å². The smallest absolute Gasteiger partial charge is 0.330 e. The molecule has 2 heterocycles. The number of aromatic nitrogens is 2. The highest BCUT2D eigenvalue weighted by Crippen LogP contribution is 2.27. The Balaban J connectivity index is 1.66. The molecule has 0 spiro atoms. The number of carbonyl (C=O) groups excluding carboxylic acids is 1. The van der Waals surface area contributed by atoms with E-state index in [0.29, 0.717) is 17.7 Å². The van der Waals surface area contributed by atoms with E-state index in [9.17, 15) is 19.5 Å². The van der Waals surface area contributed by atoms with Gasteiger partial charge in [-0.25, -0.2) is 4.79 Å². The van der Waals surface area contributed by atoms with Crippen molar-refractivity contribution in [2.24, 2.45) is 5.73 Å². The highest BCUT2D eigenvalue weighted by atomic mass is 16.5. The monoisotopic (exact) mass is 418 g/mol. The molecule has 1 aromatic carbocycles. The number of amides is 1. The molecule has 3 rings (SSSR count). The van der Waals surface area contributed by atoms with E-state index in [4.69, 9.17) is 15.2 Å². The summed E-state index contributed by atoms with van der Waals surface area (Å²) in [6, 6.07) is 5.93. The van der Waals surface area contributed by atoms with Gasteiger partial charge in [-0.3, -0.25) is 19.1 Å². The fraction of sp³-hybridized carbons (Fsp3) is 0.450. The summed E-state index contributed by atoms with van der Waals surface area (Å²) in [5.74, 6) is 0.327. The second kappa shape index (κ2) is 9.24. The minimum atomic E-state index is -0.796. The molecule has 0 unspecified atom stereocenters. The molecular formula is C20H26N4O6. The quantitative estimate of drug-likeness (QED) is 0.459. The van der Waals surface area contributed by atoms with Crippen LogP contribution < -0.4 is 27.0 Å². The van der Waals surface area contributed by atoms with Gasteiger partial charge in [0.15, 0.2) is 0 Å². The Hall–Kier alpha value is -2.95. The first kappa shape index (κ1) is 21.8. The molecule has 30 heavy (non-hydrogen) atoms. The van der Waals surface area contributed by atoms with Crippen LogP contribution in [0.25, 0.3) is 0 Å². The molecule has 1 fully saturated rings. The van der Waals surface area contributed by atoms with E-state index in [2.05, 4.69) is 10.3 Å². The number of aryl methyl sites for hydroxylation is 1. The lowest BCUT2D eigenvalue weighted by molar-refractivity contribution is -0.123. The molecule has 4 atom stereocenters. The van der Waals surface area contributed by atoms with Crippen LogP contribution in [0.1, 0.15) is 23.8 Å². The van der Waals surface area contributed by atoms with Crippen molar-refractivity contribution in [2.75, 3.05) is 13.7 Å². The van der Waals surface area contributed by atoms with Crippen LogP contribution >= 0.6 is 0 Å². The van der Waals surface area contributed by atoms with Gasteiger partial charge in [0.25, 0.3) is 5.56 Å². The zero-order valence-electron chi connectivity index (χ0n) is 16.8. The summed E-state index contributed by atoms with van der Waals surface area (Å²) >= 11 is 0. The number of rotatable bonds is 7. The van der Waals surface area contributed by atoms with Gasteiger partial charge in [0.1, 0.15) is 18.1 Å². The molecule has 5 N–H and O–H groups in total. The Morgan fingerprint density at radius 2 is 2.10 bits per heavy atom. The van der Waals surface area contributed by atoms with Gasteiger partial charge >= 0.3 is 5.69 Å². The number of hydrogen-bond acceptors (Lipinski definition) is 7. The summed E-state index contributed by atoms with van der Waals surface area (Å²) in [6.45, 7) is 1.23. The number of nitrogens with two attached hydrogens (primary N) is 1. The minimum absolute atomic E-state index is 0.248. The summed E-state index contributed by atoms with van der Waals surface area (Å²) in [4.78, 5) is 38.5. The molecule has 1 aromatic heterocycles. The third-order valence-electron chi connectivity index (χ3n) is 5.15. The fourth-order valence-corrected chi connectivity index (χ4v) is 3.42. The van der Waals surface area contributed by atoms with Crippen LogP contribution in [-0.4, -0.2) is 52.5 Å². The summed E-state index contributed by atoms with van der Waals surface area (Å²) < 4.78 is 12.1. The lowest BCUT2D eigenvalue weighted by Gasteiger charge is -2.20. The van der Waals surface area contributed by atoms with Gasteiger partial charge < -0.3 is 25.6 Å². The second-order valence-electron chi connectivity index (χ2n) is 7.30. The van der Waals surface area contributed by atoms with E-state index in [0.717, 1.165) is 5.56 Å². The summed E-state index contributed by atoms with van der Waals surface area (Å²) in [5, 5.41) is 12.4. The van der Waals surface area contributed by atoms with Crippen LogP contribution in [-0.2, 0) is 16.0 Å². The van der Waals surface area contributed by atoms with Crippen molar-refractivity contribution in [3.8, 4) is 5.75 Å². The number of nitrogens with zero attached hydrogens (tertiary/aromatic N) is 1. The lowest BCUT2D eigenvalue weighted by atomic mass is 10.0. The van der Waals surface area contributed by atoms with Crippen molar-refractivity contribution in [3.05, 3.63) is 62.4 Å². The molecule has 0 radical (unpaired) electrons. The van der Waals surface area contributed by atoms with Gasteiger partial charge in [0.05, 0.1) is 25.8 Å². The van der Waals surface area contributed by atoms with E-state index in [1.165, 1.54) is 10.8 Å². The lowest BCUT2D eigenvalue weighted by Crippen LogP contribution is -2.49. The molecule has 0 aliphatic carbocycles. The molecule has 0 bridgehead atoms. The molecular weight excluding hydrogens is 392 g/mol. The van der Waals surface area contributed by atoms with Crippen LogP contribution in [0, 0.1) is 6.92 Å². The number of H-pyrrole nitrogens is 1. The Bertz CT molecular complexity index is 1000. The average Bonchev–Trinajstić information content (AvgIpc) is 3.13. The highest BCUT2D eigenvalue weighted by Gasteiger charge is 2.38. The number of benzene rings is 1. The molecule has 162 valence electrons. The van der Waals surface area contributed by atoms with Crippen molar-refractivity contribution < 1.29 is 19.4 Å². The third kappa shape index (κ3) is 4.78. The first-order valence-electron chi connectivity index (χ1n) is 9.59. The molecule has 0 saturated carbocycles. The molecule has 10 heteroatoms. The van der Waals surface area contributed by atoms with Gasteiger partial charge in [0.2, 0.25) is 5.91 Å². The van der Waals surface area contributed by atoms with Crippen molar-refractivity contribution >= 4 is 5.91 Å². The number of aliphatic hydroxyl groups excluding tert-OH is 1. The molecule has 1 amide bonds. The average molecular weight is 418 g/mol. The molecule has 10 nitrogen and oxygen atoms in total. The number of aromatic amines is 1. The van der Waals surface area contributed by atoms with Gasteiger partial charge in [-0.05, 0) is 31.0 Å². The van der Waals surface area contributed by atoms with Crippen LogP contribution in [0.5, 0.6) is 5.75 Å². The van der Waals surface area contributed by atoms with E-state index in [-0.39, 0.29) is 18.9 Å². The highest BCUT2D eigenvalue weighted by molar-refractivity contribution is 5.82. The zero-order valence-corrected chi connectivity index (χ0v) is 16.8. The summed E-state index contributed by atoms with van der Waals surface area (Å²) in [7, 11) is 1.57. The number of ether oxygens (including phenoxy) is 2. The second-order valence-corrected chi connectivity index (χ2v) is 7.30. The maximum atomic E-state index is 12.6. The SMILES string of the molecule is COc1ccc(C[C@H](N)C(=O)N[C@H]2C[C@H](n3cc(C)c(=O)[nH]c3=O)O[C@@H]2CO)cc1. The third-order valence-corrected chi connectivity index (χ3v) is 5.15. The first-order chi connectivity index (χ1) is 14.3. The number of aliphatic hydroxyl groups is 1. The number of methoxy groups -OCH3 is 1. The number of carbonyl (C=O) groups is 1. The van der Waals surface area contributed by atoms with Gasteiger partial charge in [-0.1, -0.05) is 12.1 Å². The predicted molar refractivity (Wildman–Crippen MR) is 108 cm³/mol. The van der Waals surface area contributed by atoms with E-state index in [1.54, 1.807) is 26.2 Å². The largest absolute Gasteiger partial charge is 0.497 e. The van der Waals surface area contributed by atoms with Crippen molar-refractivity contribution in [2.45, 2.75) is 44.2 Å². The number of hydrogen-bond donors (Lipinski definition) is 4. The maximum absolute atomic E-state index is 12.6. The Labute approximate surface area is 172 Å². The standard InChI is InChI=1S/C20H26N4O6/c1-11-9-24(20(28)23-18(11)26)17-8-15(16(10-25)30-17)22-19(27)14(21)7-12-3-5-13(29-2)6-4-12/h3-6,9,14-17,25H,7-8,10,21H2,1-2H3,(H,22,27)(H,23,26,28)/t14-,15-,16+,17+/m0/s1. The molecule has 2 aromatic rings. The predicted octanol–water partition coefficient (Wildman–Crippen LogP) is -0.812. The normalized spacial score (nSPS) is 21.9. The Morgan fingerprint density at radius 3 is 2.73 bits per heavy atom. The fourth-order valence-electron chi connectivity index (χ4n) is 3.42. The van der Waals surface area contributed by atoms with E-state index >= 15 is 0 Å². The van der Waals surface area contributed by atoms with Gasteiger partial charge in [-0.15, -0.1) is 0 Å². The van der Waals surface area contributed by atoms with Crippen LogP contribution in [0.15, 0.2) is 40.1 Å². The summed E-state index contributed by atoms with van der Waals surface area (Å²) in [5.41, 5.74) is 6.20.